The molecule has 1 aliphatic heterocycles. The third kappa shape index (κ3) is 3.11. The van der Waals surface area contributed by atoms with Crippen molar-refractivity contribution >= 4 is 5.97 Å². The Morgan fingerprint density at radius 2 is 2.21 bits per heavy atom. The highest BCUT2D eigenvalue weighted by atomic mass is 16.4. The second kappa shape index (κ2) is 6.23. The number of carboxylic acids is 1. The van der Waals surface area contributed by atoms with E-state index in [4.69, 9.17) is 0 Å². The van der Waals surface area contributed by atoms with E-state index in [1.807, 2.05) is 6.92 Å². The number of carboxylic acid groups (broad SMARTS) is 1. The summed E-state index contributed by atoms with van der Waals surface area (Å²) < 4.78 is 0. The van der Waals surface area contributed by atoms with Crippen molar-refractivity contribution in [1.82, 2.24) is 10.2 Å². The van der Waals surface area contributed by atoms with E-state index < -0.39 is 11.5 Å². The third-order valence-corrected chi connectivity index (χ3v) is 5.06. The Labute approximate surface area is 116 Å². The van der Waals surface area contributed by atoms with Crippen LogP contribution in [-0.4, -0.2) is 47.2 Å². The van der Waals surface area contributed by atoms with Gasteiger partial charge in [-0.15, -0.1) is 0 Å². The molecule has 0 radical (unpaired) electrons. The average molecular weight is 268 g/mol. The van der Waals surface area contributed by atoms with Crippen LogP contribution in [0.4, 0.5) is 0 Å². The molecule has 2 rings (SSSR count). The number of aliphatic carboxylic acids is 1. The van der Waals surface area contributed by atoms with Gasteiger partial charge in [-0.05, 0) is 51.1 Å². The van der Waals surface area contributed by atoms with E-state index >= 15 is 0 Å². The summed E-state index contributed by atoms with van der Waals surface area (Å²) in [5, 5.41) is 12.8. The molecule has 0 bridgehead atoms. The number of likely N-dealkylation sites (N-methyl/N-ethyl adjacent to an activating group) is 1. The van der Waals surface area contributed by atoms with E-state index in [-0.39, 0.29) is 0 Å². The van der Waals surface area contributed by atoms with Crippen LogP contribution in [0.3, 0.4) is 0 Å². The molecule has 1 heterocycles. The number of nitrogens with zero attached hydrogens (tertiary/aromatic N) is 1. The highest BCUT2D eigenvalue weighted by Crippen LogP contribution is 2.34. The Bertz CT molecular complexity index is 317. The molecule has 1 saturated carbocycles. The van der Waals surface area contributed by atoms with Gasteiger partial charge in [0, 0.05) is 12.6 Å². The van der Waals surface area contributed by atoms with Crippen LogP contribution in [0.5, 0.6) is 0 Å². The largest absolute Gasteiger partial charge is 0.480 e. The molecule has 0 aromatic carbocycles. The maximum atomic E-state index is 11.7. The maximum absolute atomic E-state index is 11.7. The van der Waals surface area contributed by atoms with Gasteiger partial charge in [0.25, 0.3) is 0 Å². The molecule has 3 atom stereocenters. The zero-order chi connectivity index (χ0) is 13.9. The minimum Gasteiger partial charge on any atom is -0.480 e. The number of rotatable bonds is 5. The summed E-state index contributed by atoms with van der Waals surface area (Å²) in [5.41, 5.74) is -0.679. The lowest BCUT2D eigenvalue weighted by molar-refractivity contribution is -0.147. The van der Waals surface area contributed by atoms with Crippen molar-refractivity contribution in [2.75, 3.05) is 19.6 Å². The van der Waals surface area contributed by atoms with Crippen LogP contribution in [0.1, 0.15) is 52.4 Å². The molecule has 2 aliphatic rings. The molecule has 110 valence electrons. The summed E-state index contributed by atoms with van der Waals surface area (Å²) in [5.74, 6) is 0.158. The number of hydrogen-bond acceptors (Lipinski definition) is 3. The van der Waals surface area contributed by atoms with Crippen molar-refractivity contribution in [1.29, 1.82) is 0 Å². The van der Waals surface area contributed by atoms with Gasteiger partial charge in [-0.25, -0.2) is 0 Å². The molecule has 4 nitrogen and oxygen atoms in total. The van der Waals surface area contributed by atoms with Gasteiger partial charge in [0.2, 0.25) is 0 Å². The van der Waals surface area contributed by atoms with Gasteiger partial charge >= 0.3 is 5.97 Å². The van der Waals surface area contributed by atoms with Gasteiger partial charge in [0.05, 0.1) is 0 Å². The minimum absolute atomic E-state index is 0.459. The summed E-state index contributed by atoms with van der Waals surface area (Å²) in [4.78, 5) is 14.2. The molecule has 1 aliphatic carbocycles. The molecular formula is C15H28N2O2. The molecule has 1 saturated heterocycles. The van der Waals surface area contributed by atoms with Crippen LogP contribution in [0.25, 0.3) is 0 Å². The monoisotopic (exact) mass is 268 g/mol. The van der Waals surface area contributed by atoms with Gasteiger partial charge < -0.3 is 15.3 Å². The lowest BCUT2D eigenvalue weighted by Crippen LogP contribution is -2.58. The van der Waals surface area contributed by atoms with Gasteiger partial charge in [-0.2, -0.15) is 0 Å². The quantitative estimate of drug-likeness (QED) is 0.801. The molecule has 4 heteroatoms. The summed E-state index contributed by atoms with van der Waals surface area (Å²) in [6.45, 7) is 7.32. The number of carbonyl (C=O) groups is 1. The molecule has 0 spiro atoms. The predicted molar refractivity (Wildman–Crippen MR) is 76.3 cm³/mol. The van der Waals surface area contributed by atoms with Gasteiger partial charge in [0.15, 0.2) is 0 Å². The van der Waals surface area contributed by atoms with Crippen molar-refractivity contribution < 1.29 is 9.90 Å². The van der Waals surface area contributed by atoms with Crippen LogP contribution >= 0.6 is 0 Å². The first-order chi connectivity index (χ1) is 9.11. The van der Waals surface area contributed by atoms with Crippen molar-refractivity contribution in [2.45, 2.75) is 64.0 Å². The first-order valence-electron chi connectivity index (χ1n) is 7.83. The number of likely N-dealkylation sites (tertiary alicyclic amines) is 1. The maximum Gasteiger partial charge on any atom is 0.323 e. The van der Waals surface area contributed by atoms with Crippen molar-refractivity contribution in [2.24, 2.45) is 5.92 Å². The Morgan fingerprint density at radius 3 is 2.79 bits per heavy atom. The highest BCUT2D eigenvalue weighted by molar-refractivity contribution is 5.79. The standard InChI is InChI=1S/C15H28N2O2/c1-3-12-7-9-17(11-12)13-6-5-8-15(10-13,14(18)19)16-4-2/h12-13,16H,3-11H2,1-2H3,(H,18,19). The molecular weight excluding hydrogens is 240 g/mol. The van der Waals surface area contributed by atoms with E-state index in [2.05, 4.69) is 17.1 Å². The van der Waals surface area contributed by atoms with Crippen molar-refractivity contribution in [3.8, 4) is 0 Å². The van der Waals surface area contributed by atoms with Crippen LogP contribution in [0, 0.1) is 5.92 Å². The Balaban J connectivity index is 2.01. The highest BCUT2D eigenvalue weighted by Gasteiger charge is 2.44. The Morgan fingerprint density at radius 1 is 1.42 bits per heavy atom. The summed E-state index contributed by atoms with van der Waals surface area (Å²) >= 11 is 0. The fourth-order valence-corrected chi connectivity index (χ4v) is 3.85. The zero-order valence-corrected chi connectivity index (χ0v) is 12.3. The molecule has 0 amide bonds. The molecule has 2 fully saturated rings. The molecule has 3 unspecified atom stereocenters. The van der Waals surface area contributed by atoms with Crippen molar-refractivity contribution in [3.63, 3.8) is 0 Å². The lowest BCUT2D eigenvalue weighted by atomic mass is 9.78. The van der Waals surface area contributed by atoms with E-state index in [1.54, 1.807) is 0 Å². The van der Waals surface area contributed by atoms with Crippen LogP contribution in [-0.2, 0) is 4.79 Å². The van der Waals surface area contributed by atoms with Gasteiger partial charge in [-0.3, -0.25) is 4.79 Å². The SMILES string of the molecule is CCNC1(C(=O)O)CCCC(N2CCC(CC)C2)C1. The number of hydrogen-bond donors (Lipinski definition) is 2. The smallest absolute Gasteiger partial charge is 0.323 e. The van der Waals surface area contributed by atoms with E-state index in [0.29, 0.717) is 6.04 Å². The summed E-state index contributed by atoms with van der Waals surface area (Å²) in [7, 11) is 0. The number of nitrogens with one attached hydrogen (secondary N) is 1. The minimum atomic E-state index is -0.679. The fraction of sp³-hybridized carbons (Fsp3) is 0.933. The average Bonchev–Trinajstić information content (AvgIpc) is 2.88. The van der Waals surface area contributed by atoms with Crippen LogP contribution in [0.15, 0.2) is 0 Å². The second-order valence-electron chi connectivity index (χ2n) is 6.23. The zero-order valence-electron chi connectivity index (χ0n) is 12.3. The second-order valence-corrected chi connectivity index (χ2v) is 6.23. The molecule has 0 aromatic heterocycles. The molecule has 2 N–H and O–H groups in total. The van der Waals surface area contributed by atoms with Crippen LogP contribution in [0.2, 0.25) is 0 Å². The molecule has 19 heavy (non-hydrogen) atoms. The van der Waals surface area contributed by atoms with Crippen LogP contribution < -0.4 is 5.32 Å². The summed E-state index contributed by atoms with van der Waals surface area (Å²) in [6.07, 6.45) is 6.27. The Kier molecular flexibility index (Phi) is 4.85. The van der Waals surface area contributed by atoms with Gasteiger partial charge in [-0.1, -0.05) is 20.3 Å². The van der Waals surface area contributed by atoms with Gasteiger partial charge in [0.1, 0.15) is 5.54 Å². The first-order valence-corrected chi connectivity index (χ1v) is 7.83. The first kappa shape index (κ1) is 14.8. The lowest BCUT2D eigenvalue weighted by Gasteiger charge is -2.41. The van der Waals surface area contributed by atoms with Crippen molar-refractivity contribution in [3.05, 3.63) is 0 Å². The summed E-state index contributed by atoms with van der Waals surface area (Å²) in [6, 6.07) is 0.459. The topological polar surface area (TPSA) is 52.6 Å². The normalized spacial score (nSPS) is 36.5. The van der Waals surface area contributed by atoms with E-state index in [1.165, 1.54) is 19.4 Å². The fourth-order valence-electron chi connectivity index (χ4n) is 3.85. The van der Waals surface area contributed by atoms with E-state index in [0.717, 1.165) is 44.7 Å². The predicted octanol–water partition coefficient (Wildman–Crippen LogP) is 2.09. The Hall–Kier alpha value is -0.610. The van der Waals surface area contributed by atoms with E-state index in [9.17, 15) is 9.90 Å². The third-order valence-electron chi connectivity index (χ3n) is 5.06. The molecule has 0 aromatic rings.